The van der Waals surface area contributed by atoms with Gasteiger partial charge in [0.2, 0.25) is 0 Å². The largest absolute Gasteiger partial charge is 0.228 e. The zero-order valence-corrected chi connectivity index (χ0v) is 11.5. The monoisotopic (exact) mass is 324 g/mol. The van der Waals surface area contributed by atoms with E-state index in [9.17, 15) is 8.42 Å². The molecular weight excluding hydrogens is 316 g/mol. The van der Waals surface area contributed by atoms with Crippen molar-refractivity contribution < 1.29 is 8.42 Å². The summed E-state index contributed by atoms with van der Waals surface area (Å²) >= 11 is 8.94. The molecule has 2 rings (SSSR count). The summed E-state index contributed by atoms with van der Waals surface area (Å²) in [7, 11) is -3.07. The van der Waals surface area contributed by atoms with Crippen LogP contribution in [0.5, 0.6) is 0 Å². The summed E-state index contributed by atoms with van der Waals surface area (Å²) in [6.07, 6.45) is 2.26. The van der Waals surface area contributed by atoms with Crippen LogP contribution in [0.25, 0.3) is 0 Å². The Balaban J connectivity index is 2.39. The third kappa shape index (κ3) is 2.38. The molecule has 1 unspecified atom stereocenters. The van der Waals surface area contributed by atoms with Crippen LogP contribution in [0.3, 0.4) is 0 Å². The molecule has 1 atom stereocenters. The third-order valence-electron chi connectivity index (χ3n) is 2.63. The van der Waals surface area contributed by atoms with Gasteiger partial charge in [-0.1, -0.05) is 18.0 Å². The van der Waals surface area contributed by atoms with Crippen LogP contribution >= 0.6 is 27.5 Å². The average Bonchev–Trinajstić information content (AvgIpc) is 2.22. The van der Waals surface area contributed by atoms with Crippen LogP contribution in [0, 0.1) is 0 Å². The topological polar surface area (TPSA) is 59.9 Å². The summed E-state index contributed by atoms with van der Waals surface area (Å²) in [5.41, 5.74) is 0.482. The van der Waals surface area contributed by atoms with E-state index < -0.39 is 15.1 Å². The molecule has 0 bridgehead atoms. The molecule has 0 radical (unpaired) electrons. The summed E-state index contributed by atoms with van der Waals surface area (Å²) in [6.45, 7) is 0. The van der Waals surface area contributed by atoms with E-state index in [0.29, 0.717) is 16.6 Å². The molecule has 0 aromatic carbocycles. The van der Waals surface area contributed by atoms with E-state index in [1.54, 1.807) is 6.07 Å². The van der Waals surface area contributed by atoms with Gasteiger partial charge in [-0.2, -0.15) is 5.10 Å². The van der Waals surface area contributed by atoms with Crippen molar-refractivity contribution in [2.24, 2.45) is 0 Å². The van der Waals surface area contributed by atoms with Crippen molar-refractivity contribution in [2.75, 3.05) is 5.75 Å². The van der Waals surface area contributed by atoms with E-state index in [1.807, 2.05) is 0 Å². The molecule has 0 amide bonds. The summed E-state index contributed by atoms with van der Waals surface area (Å²) in [4.78, 5) is 0. The number of hydrogen-bond donors (Lipinski definition) is 0. The Hall–Kier alpha value is -0.200. The Labute approximate surface area is 107 Å². The van der Waals surface area contributed by atoms with Crippen LogP contribution in [-0.2, 0) is 9.84 Å². The molecule has 16 heavy (non-hydrogen) atoms. The molecule has 1 aromatic heterocycles. The van der Waals surface area contributed by atoms with Gasteiger partial charge < -0.3 is 0 Å². The zero-order valence-electron chi connectivity index (χ0n) is 8.36. The van der Waals surface area contributed by atoms with E-state index in [4.69, 9.17) is 11.6 Å². The lowest BCUT2D eigenvalue weighted by Crippen LogP contribution is -2.22. The average molecular weight is 326 g/mol. The highest BCUT2D eigenvalue weighted by atomic mass is 79.9. The van der Waals surface area contributed by atoms with Gasteiger partial charge in [0.25, 0.3) is 0 Å². The maximum absolute atomic E-state index is 11.9. The quantitative estimate of drug-likeness (QED) is 0.796. The first-order valence-corrected chi connectivity index (χ1v) is 7.79. The molecule has 7 heteroatoms. The second kappa shape index (κ2) is 4.58. The van der Waals surface area contributed by atoms with Gasteiger partial charge in [0.15, 0.2) is 15.0 Å². The van der Waals surface area contributed by atoms with E-state index in [2.05, 4.69) is 26.1 Å². The van der Waals surface area contributed by atoms with Gasteiger partial charge in [-0.15, -0.1) is 5.10 Å². The lowest BCUT2D eigenvalue weighted by Gasteiger charge is -2.21. The predicted molar refractivity (Wildman–Crippen MR) is 65.1 cm³/mol. The fourth-order valence-corrected chi connectivity index (χ4v) is 4.12. The SMILES string of the molecule is O=S1(=O)CCCCC1c1cc(Br)c(Cl)nn1. The minimum Gasteiger partial charge on any atom is -0.228 e. The van der Waals surface area contributed by atoms with Crippen LogP contribution in [0.2, 0.25) is 5.15 Å². The Kier molecular flexibility index (Phi) is 3.51. The lowest BCUT2D eigenvalue weighted by atomic mass is 10.1. The van der Waals surface area contributed by atoms with Crippen LogP contribution < -0.4 is 0 Å². The van der Waals surface area contributed by atoms with Gasteiger partial charge in [-0.25, -0.2) is 8.42 Å². The number of hydrogen-bond acceptors (Lipinski definition) is 4. The lowest BCUT2D eigenvalue weighted by molar-refractivity contribution is 0.541. The van der Waals surface area contributed by atoms with E-state index in [0.717, 1.165) is 12.8 Å². The standard InChI is InChI=1S/C9H10BrClN2O2S/c10-6-5-7(12-13-9(6)11)8-3-1-2-4-16(8,14)15/h5,8H,1-4H2. The molecular formula is C9H10BrClN2O2S. The van der Waals surface area contributed by atoms with Gasteiger partial charge in [-0.05, 0) is 34.8 Å². The Morgan fingerprint density at radius 1 is 1.38 bits per heavy atom. The molecule has 0 spiro atoms. The Morgan fingerprint density at radius 3 is 2.75 bits per heavy atom. The smallest absolute Gasteiger partial charge is 0.165 e. The molecule has 0 aliphatic carbocycles. The molecule has 4 nitrogen and oxygen atoms in total. The fraction of sp³-hybridized carbons (Fsp3) is 0.556. The van der Waals surface area contributed by atoms with Crippen molar-refractivity contribution in [3.05, 3.63) is 21.4 Å². The third-order valence-corrected chi connectivity index (χ3v) is 5.95. The normalized spacial score (nSPS) is 24.2. The number of aromatic nitrogens is 2. The fourth-order valence-electron chi connectivity index (χ4n) is 1.81. The van der Waals surface area contributed by atoms with Gasteiger partial charge in [0, 0.05) is 0 Å². The van der Waals surface area contributed by atoms with Crippen molar-refractivity contribution in [3.63, 3.8) is 0 Å². The highest BCUT2D eigenvalue weighted by molar-refractivity contribution is 9.10. The van der Waals surface area contributed by atoms with Crippen molar-refractivity contribution in [2.45, 2.75) is 24.5 Å². The Bertz CT molecular complexity index is 506. The van der Waals surface area contributed by atoms with Crippen molar-refractivity contribution in [1.29, 1.82) is 0 Å². The number of nitrogens with zero attached hydrogens (tertiary/aromatic N) is 2. The molecule has 1 saturated heterocycles. The number of sulfone groups is 1. The highest BCUT2D eigenvalue weighted by Crippen LogP contribution is 2.33. The molecule has 0 N–H and O–H groups in total. The molecule has 0 saturated carbocycles. The predicted octanol–water partition coefficient (Wildman–Crippen LogP) is 2.53. The Morgan fingerprint density at radius 2 is 2.12 bits per heavy atom. The van der Waals surface area contributed by atoms with E-state index >= 15 is 0 Å². The minimum atomic E-state index is -3.07. The maximum Gasteiger partial charge on any atom is 0.165 e. The van der Waals surface area contributed by atoms with Crippen molar-refractivity contribution in [1.82, 2.24) is 10.2 Å². The molecule has 1 aromatic rings. The van der Waals surface area contributed by atoms with Crippen LogP contribution in [0.1, 0.15) is 30.2 Å². The molecule has 1 fully saturated rings. The van der Waals surface area contributed by atoms with Gasteiger partial charge in [-0.3, -0.25) is 0 Å². The van der Waals surface area contributed by atoms with E-state index in [-0.39, 0.29) is 10.9 Å². The number of halogens is 2. The first kappa shape index (κ1) is 12.3. The first-order chi connectivity index (χ1) is 7.50. The van der Waals surface area contributed by atoms with E-state index in [1.165, 1.54) is 0 Å². The van der Waals surface area contributed by atoms with Gasteiger partial charge >= 0.3 is 0 Å². The van der Waals surface area contributed by atoms with Crippen molar-refractivity contribution >= 4 is 37.4 Å². The zero-order chi connectivity index (χ0) is 11.8. The van der Waals surface area contributed by atoms with Crippen LogP contribution in [0.15, 0.2) is 10.5 Å². The summed E-state index contributed by atoms with van der Waals surface area (Å²) in [5, 5.41) is 7.31. The molecule has 2 heterocycles. The van der Waals surface area contributed by atoms with Gasteiger partial charge in [0.1, 0.15) is 5.25 Å². The number of rotatable bonds is 1. The van der Waals surface area contributed by atoms with Crippen LogP contribution in [-0.4, -0.2) is 24.4 Å². The molecule has 1 aliphatic heterocycles. The summed E-state index contributed by atoms with van der Waals surface area (Å²) in [5.74, 6) is 0.236. The van der Waals surface area contributed by atoms with Crippen molar-refractivity contribution in [3.8, 4) is 0 Å². The van der Waals surface area contributed by atoms with Gasteiger partial charge in [0.05, 0.1) is 15.9 Å². The maximum atomic E-state index is 11.9. The second-order valence-corrected chi connectivity index (χ2v) is 7.27. The highest BCUT2D eigenvalue weighted by Gasteiger charge is 2.31. The molecule has 1 aliphatic rings. The van der Waals surface area contributed by atoms with Crippen LogP contribution in [0.4, 0.5) is 0 Å². The minimum absolute atomic E-state index is 0.236. The molecule has 88 valence electrons. The summed E-state index contributed by atoms with van der Waals surface area (Å²) < 4.78 is 24.3. The second-order valence-electron chi connectivity index (χ2n) is 3.76. The summed E-state index contributed by atoms with van der Waals surface area (Å²) in [6, 6.07) is 1.64. The first-order valence-electron chi connectivity index (χ1n) is 4.91.